The van der Waals surface area contributed by atoms with Crippen LogP contribution in [-0.2, 0) is 12.1 Å². The summed E-state index contributed by atoms with van der Waals surface area (Å²) in [5, 5.41) is 5.77. The zero-order chi connectivity index (χ0) is 38.2. The van der Waals surface area contributed by atoms with E-state index in [2.05, 4.69) is 10.6 Å². The molecule has 0 saturated carbocycles. The second-order valence-electron chi connectivity index (χ2n) is 12.1. The highest BCUT2D eigenvalue weighted by Crippen LogP contribution is 2.51. The van der Waals surface area contributed by atoms with E-state index in [0.29, 0.717) is 49.3 Å². The molecule has 2 heterocycles. The summed E-state index contributed by atoms with van der Waals surface area (Å²) in [6.07, 6.45) is -1.74. The molecule has 6 rings (SSSR count). The zero-order valence-corrected chi connectivity index (χ0v) is 32.1. The molecule has 2 unspecified atom stereocenters. The maximum atomic E-state index is 14.2. The van der Waals surface area contributed by atoms with Crippen molar-refractivity contribution in [1.82, 2.24) is 0 Å². The van der Waals surface area contributed by atoms with Crippen molar-refractivity contribution in [2.45, 2.75) is 104 Å². The molecule has 288 valence electrons. The average molecular weight is 779 g/mol. The molecule has 2 aliphatic rings. The average Bonchev–Trinajstić information content (AvgIpc) is 3.12. The zero-order valence-electron chi connectivity index (χ0n) is 30.5. The molecule has 2 aliphatic heterocycles. The monoisotopic (exact) mass is 778 g/mol. The first-order chi connectivity index (χ1) is 24.9. The molecular weight excluding hydrogens is 731 g/mol. The normalized spacial score (nSPS) is 15.4. The number of alkyl halides is 5. The van der Waals surface area contributed by atoms with Crippen molar-refractivity contribution >= 4 is 40.9 Å². The first-order valence-electron chi connectivity index (χ1n) is 17.7. The van der Waals surface area contributed by atoms with Crippen molar-refractivity contribution in [2.75, 3.05) is 23.7 Å². The Morgan fingerprint density at radius 1 is 0.623 bits per heavy atom. The number of nitrogens with one attached hydrogen (secondary N) is 2. The van der Waals surface area contributed by atoms with Crippen LogP contribution in [0.15, 0.2) is 92.4 Å². The van der Waals surface area contributed by atoms with Crippen molar-refractivity contribution in [3.63, 3.8) is 0 Å². The molecule has 0 aromatic heterocycles. The summed E-state index contributed by atoms with van der Waals surface area (Å²) in [5.41, 5.74) is 15.4. The second kappa shape index (κ2) is 19.1. The van der Waals surface area contributed by atoms with Gasteiger partial charge in [0.2, 0.25) is 0 Å². The molecule has 13 heteroatoms. The number of benzene rings is 4. The summed E-state index contributed by atoms with van der Waals surface area (Å²) in [6, 6.07) is 19.3. The fourth-order valence-electron chi connectivity index (χ4n) is 6.38. The minimum atomic E-state index is -4.44. The van der Waals surface area contributed by atoms with Crippen molar-refractivity contribution in [2.24, 2.45) is 11.5 Å². The molecular formula is C40H48F6N4OS2. The van der Waals surface area contributed by atoms with Crippen LogP contribution < -0.4 is 22.1 Å². The number of nitrogens with two attached hydrogens (primary N) is 2. The number of halogens is 6. The number of rotatable bonds is 9. The highest BCUT2D eigenvalue weighted by molar-refractivity contribution is 7.99. The van der Waals surface area contributed by atoms with Crippen molar-refractivity contribution < 1.29 is 31.5 Å². The van der Waals surface area contributed by atoms with Gasteiger partial charge in [-0.2, -0.15) is 13.2 Å². The molecule has 2 atom stereocenters. The van der Waals surface area contributed by atoms with Crippen LogP contribution in [0.2, 0.25) is 0 Å². The summed E-state index contributed by atoms with van der Waals surface area (Å²) in [5.74, 6) is -3.30. The molecule has 4 aromatic rings. The minimum Gasteiger partial charge on any atom is -0.330 e. The first-order valence-corrected chi connectivity index (χ1v) is 19.3. The molecule has 5 nitrogen and oxygen atoms in total. The Hall–Kier alpha value is -3.65. The van der Waals surface area contributed by atoms with E-state index in [9.17, 15) is 26.7 Å². The molecule has 0 bridgehead atoms. The quantitative estimate of drug-likeness (QED) is 0.127. The van der Waals surface area contributed by atoms with Crippen LogP contribution in [0, 0.1) is 0 Å². The van der Waals surface area contributed by atoms with Crippen molar-refractivity contribution in [3.8, 4) is 0 Å². The maximum Gasteiger partial charge on any atom is 0.416 e. The predicted octanol–water partition coefficient (Wildman–Crippen LogP) is 12.3. The highest BCUT2D eigenvalue weighted by atomic mass is 32.2. The van der Waals surface area contributed by atoms with E-state index < -0.39 is 23.7 Å². The lowest BCUT2D eigenvalue weighted by atomic mass is 9.85. The summed E-state index contributed by atoms with van der Waals surface area (Å²) in [7, 11) is 0. The van der Waals surface area contributed by atoms with Crippen LogP contribution in [0.4, 0.5) is 42.8 Å². The standard InChI is InChI=1S/C36H35F5N4OS2.2C2H6.FH/c1-35(37,38)20-6-12-30-28(16-20)24(4-2-14-42)26-10-8-22(18-32(26)47-30)44-34(46)45-23-9-11-27-25(5-3-15-43)29-17-21(36(39,40)41)7-13-31(29)48-33(27)19-23;2*1-2;/h6-13,16-19,24-25H,2-5,14-15,42-43H2,1H3,(H2,44,45,46);2*1-2H3;1H. The molecule has 0 spiro atoms. The van der Waals surface area contributed by atoms with Gasteiger partial charge in [0.15, 0.2) is 0 Å². The van der Waals surface area contributed by atoms with Crippen LogP contribution in [0.5, 0.6) is 0 Å². The Balaban J connectivity index is 0.00000146. The number of carbonyl (C=O) groups is 1. The van der Waals surface area contributed by atoms with Crippen LogP contribution in [-0.4, -0.2) is 19.1 Å². The molecule has 0 fully saturated rings. The number of hydrogen-bond donors (Lipinski definition) is 4. The van der Waals surface area contributed by atoms with E-state index in [1.54, 1.807) is 24.3 Å². The third kappa shape index (κ3) is 10.3. The van der Waals surface area contributed by atoms with Crippen molar-refractivity contribution in [3.05, 3.63) is 106 Å². The van der Waals surface area contributed by atoms with Gasteiger partial charge in [-0.15, -0.1) is 0 Å². The lowest BCUT2D eigenvalue weighted by Gasteiger charge is -2.29. The topological polar surface area (TPSA) is 93.2 Å². The third-order valence-corrected chi connectivity index (χ3v) is 11.1. The van der Waals surface area contributed by atoms with Crippen LogP contribution in [0.3, 0.4) is 0 Å². The maximum absolute atomic E-state index is 14.2. The molecule has 0 radical (unpaired) electrons. The number of hydrogen-bond acceptors (Lipinski definition) is 5. The van der Waals surface area contributed by atoms with E-state index >= 15 is 0 Å². The van der Waals surface area contributed by atoms with Gasteiger partial charge in [0.1, 0.15) is 0 Å². The lowest BCUT2D eigenvalue weighted by Crippen LogP contribution is -2.20. The van der Waals surface area contributed by atoms with Gasteiger partial charge in [-0.1, -0.05) is 69.4 Å². The van der Waals surface area contributed by atoms with Gasteiger partial charge in [0.25, 0.3) is 5.92 Å². The van der Waals surface area contributed by atoms with Gasteiger partial charge < -0.3 is 22.1 Å². The first kappa shape index (κ1) is 43.8. The Kier molecular flexibility index (Phi) is 15.8. The van der Waals surface area contributed by atoms with Crippen LogP contribution >= 0.6 is 23.5 Å². The van der Waals surface area contributed by atoms with E-state index in [-0.39, 0.29) is 22.1 Å². The number of amides is 2. The largest absolute Gasteiger partial charge is 0.416 e. The molecule has 0 aliphatic carbocycles. The Morgan fingerprint density at radius 3 is 1.43 bits per heavy atom. The SMILES string of the molecule is CC.CC.CC(F)(F)c1ccc2c(c1)C(CCCN)c1ccc(NC(=O)Nc3ccc4c(c3)Sc3ccc(C(F)(F)F)cc3C4CCCN)cc1S2.F. The Bertz CT molecular complexity index is 1720. The van der Waals surface area contributed by atoms with Gasteiger partial charge in [0, 0.05) is 55.3 Å². The third-order valence-electron chi connectivity index (χ3n) is 8.73. The fourth-order valence-corrected chi connectivity index (χ4v) is 8.80. The number of anilines is 2. The summed E-state index contributed by atoms with van der Waals surface area (Å²) in [6.45, 7) is 9.81. The predicted molar refractivity (Wildman–Crippen MR) is 207 cm³/mol. The van der Waals surface area contributed by atoms with E-state index in [0.717, 1.165) is 55.7 Å². The highest BCUT2D eigenvalue weighted by Gasteiger charge is 2.34. The van der Waals surface area contributed by atoms with Gasteiger partial charge in [-0.3, -0.25) is 4.70 Å². The smallest absolute Gasteiger partial charge is 0.330 e. The Morgan fingerprint density at radius 2 is 1.04 bits per heavy atom. The van der Waals surface area contributed by atoms with Crippen molar-refractivity contribution in [1.29, 1.82) is 0 Å². The summed E-state index contributed by atoms with van der Waals surface area (Å²) in [4.78, 5) is 16.6. The fraction of sp³-hybridized carbons (Fsp3) is 0.375. The molecule has 4 aromatic carbocycles. The van der Waals surface area contributed by atoms with Gasteiger partial charge in [-0.25, -0.2) is 13.6 Å². The summed E-state index contributed by atoms with van der Waals surface area (Å²) >= 11 is 2.86. The van der Waals surface area contributed by atoms with E-state index in [4.69, 9.17) is 11.5 Å². The van der Waals surface area contributed by atoms with E-state index in [1.807, 2.05) is 52.0 Å². The number of carbonyl (C=O) groups excluding carboxylic acids is 1. The molecule has 6 N–H and O–H groups in total. The lowest BCUT2D eigenvalue weighted by molar-refractivity contribution is -0.137. The van der Waals surface area contributed by atoms with E-state index in [1.165, 1.54) is 41.7 Å². The minimum absolute atomic E-state index is 0. The van der Waals surface area contributed by atoms with Crippen LogP contribution in [0.25, 0.3) is 0 Å². The van der Waals surface area contributed by atoms with Gasteiger partial charge in [0.05, 0.1) is 5.56 Å². The molecule has 53 heavy (non-hydrogen) atoms. The number of urea groups is 1. The molecule has 2 amide bonds. The van der Waals surface area contributed by atoms with Crippen LogP contribution in [0.1, 0.15) is 106 Å². The molecule has 0 saturated heterocycles. The summed E-state index contributed by atoms with van der Waals surface area (Å²) < 4.78 is 68.9. The Labute approximate surface area is 316 Å². The van der Waals surface area contributed by atoms with Gasteiger partial charge in [-0.05, 0) is 116 Å². The second-order valence-corrected chi connectivity index (χ2v) is 14.3. The number of fused-ring (bicyclic) bond motifs is 4. The van der Waals surface area contributed by atoms with Gasteiger partial charge >= 0.3 is 12.2 Å².